The minimum atomic E-state index is -1.12. The molecule has 0 amide bonds. The van der Waals surface area contributed by atoms with Gasteiger partial charge in [0.1, 0.15) is 0 Å². The van der Waals surface area contributed by atoms with E-state index in [2.05, 4.69) is 15.8 Å². The highest BCUT2D eigenvalue weighted by atomic mass is 17.3. The highest BCUT2D eigenvalue weighted by Crippen LogP contribution is 1.86. The van der Waals surface area contributed by atoms with Crippen LogP contribution in [0.4, 0.5) is 0 Å². The lowest BCUT2D eigenvalue weighted by atomic mass is 10.4. The van der Waals surface area contributed by atoms with E-state index in [9.17, 15) is 4.79 Å². The van der Waals surface area contributed by atoms with Crippen LogP contribution in [0.5, 0.6) is 0 Å². The molecule has 0 aromatic rings. The Labute approximate surface area is 45.9 Å². The summed E-state index contributed by atoms with van der Waals surface area (Å²) in [6.45, 7) is 1.30. The number of hydrogen-bond acceptors (Lipinski definition) is 4. The summed E-state index contributed by atoms with van der Waals surface area (Å²) in [6, 6.07) is 0. The maximum absolute atomic E-state index is 9.83. The fourth-order valence-corrected chi connectivity index (χ4v) is 0.124. The van der Waals surface area contributed by atoms with Crippen LogP contribution in [0.1, 0.15) is 6.92 Å². The van der Waals surface area contributed by atoms with E-state index in [0.29, 0.717) is 0 Å². The molecule has 0 saturated carbocycles. The van der Waals surface area contributed by atoms with Crippen molar-refractivity contribution in [2.75, 3.05) is 0 Å². The zero-order valence-corrected chi connectivity index (χ0v) is 4.33. The second kappa shape index (κ2) is 3.36. The van der Waals surface area contributed by atoms with Crippen LogP contribution in [0.2, 0.25) is 0 Å². The first-order chi connectivity index (χ1) is 3.68. The molecule has 5 heteroatoms. The third kappa shape index (κ3) is 2.51. The Morgan fingerprint density at radius 2 is 2.38 bits per heavy atom. The number of aliphatic carboxylic acids is 1. The first kappa shape index (κ1) is 7.35. The van der Waals surface area contributed by atoms with Crippen LogP contribution >= 0.6 is 0 Å². The molecule has 0 aromatic heterocycles. The maximum Gasteiger partial charge on any atom is 0.335 e. The average Bonchev–Trinajstić information content (AvgIpc) is 1.67. The summed E-state index contributed by atoms with van der Waals surface area (Å²) in [5.41, 5.74) is 0. The van der Waals surface area contributed by atoms with E-state index in [1.54, 1.807) is 0 Å². The smallest absolute Gasteiger partial charge is 0.335 e. The largest absolute Gasteiger partial charge is 0.479 e. The Kier molecular flexibility index (Phi) is 3.09. The lowest BCUT2D eigenvalue weighted by Gasteiger charge is -2.00. The van der Waals surface area contributed by atoms with E-state index in [0.717, 1.165) is 0 Å². The quantitative estimate of drug-likeness (QED) is 0.380. The molecular formula is C3H7NO4. The number of hydrogen-bond donors (Lipinski definition) is 2. The van der Waals surface area contributed by atoms with Gasteiger partial charge in [0.15, 0.2) is 6.10 Å². The lowest BCUT2D eigenvalue weighted by Crippen LogP contribution is -2.21. The van der Waals surface area contributed by atoms with Crippen molar-refractivity contribution >= 4 is 5.97 Å². The number of rotatable bonds is 3. The van der Waals surface area contributed by atoms with Gasteiger partial charge in [0, 0.05) is 0 Å². The molecular weight excluding hydrogens is 114 g/mol. The third-order valence-electron chi connectivity index (χ3n) is 0.548. The minimum Gasteiger partial charge on any atom is -0.479 e. The molecule has 0 aliphatic carbocycles. The van der Waals surface area contributed by atoms with Gasteiger partial charge in [-0.1, -0.05) is 0 Å². The fourth-order valence-electron chi connectivity index (χ4n) is 0.124. The molecule has 5 nitrogen and oxygen atoms in total. The molecule has 0 heterocycles. The Hall–Kier alpha value is -0.650. The Morgan fingerprint density at radius 1 is 1.88 bits per heavy atom. The standard InChI is InChI=1S/C3H7NO4/c1-2(3(5)6)7-8-4/h2H,4H2,1H3,(H,5,6). The van der Waals surface area contributed by atoms with Gasteiger partial charge < -0.3 is 5.11 Å². The molecule has 1 unspecified atom stereocenters. The van der Waals surface area contributed by atoms with Gasteiger partial charge in [0.05, 0.1) is 0 Å². The normalized spacial score (nSPS) is 13.2. The predicted molar refractivity (Wildman–Crippen MR) is 23.5 cm³/mol. The molecule has 0 saturated heterocycles. The second-order valence-corrected chi connectivity index (χ2v) is 1.17. The van der Waals surface area contributed by atoms with Gasteiger partial charge in [0.2, 0.25) is 0 Å². The summed E-state index contributed by atoms with van der Waals surface area (Å²) in [6.07, 6.45) is -1.01. The Balaban J connectivity index is 3.32. The first-order valence-corrected chi connectivity index (χ1v) is 1.93. The summed E-state index contributed by atoms with van der Waals surface area (Å²) in [7, 11) is 0. The van der Waals surface area contributed by atoms with Crippen LogP contribution in [0.25, 0.3) is 0 Å². The fraction of sp³-hybridized carbons (Fsp3) is 0.667. The van der Waals surface area contributed by atoms with Gasteiger partial charge in [0.25, 0.3) is 0 Å². The number of carboxylic acid groups (broad SMARTS) is 1. The minimum absolute atomic E-state index is 1.01. The van der Waals surface area contributed by atoms with Crippen LogP contribution in [0, 0.1) is 0 Å². The molecule has 0 bridgehead atoms. The van der Waals surface area contributed by atoms with Gasteiger partial charge in [-0.05, 0) is 6.92 Å². The monoisotopic (exact) mass is 121 g/mol. The number of nitrogens with two attached hydrogens (primary N) is 1. The van der Waals surface area contributed by atoms with Crippen LogP contribution in [0.3, 0.4) is 0 Å². The molecule has 0 fully saturated rings. The van der Waals surface area contributed by atoms with Gasteiger partial charge in [-0.2, -0.15) is 5.90 Å². The summed E-state index contributed by atoms with van der Waals surface area (Å²) in [5, 5.41) is 8.05. The maximum atomic E-state index is 9.83. The van der Waals surface area contributed by atoms with E-state index in [1.807, 2.05) is 0 Å². The molecule has 8 heavy (non-hydrogen) atoms. The third-order valence-corrected chi connectivity index (χ3v) is 0.548. The summed E-state index contributed by atoms with van der Waals surface area (Å²) in [4.78, 5) is 17.4. The first-order valence-electron chi connectivity index (χ1n) is 1.93. The van der Waals surface area contributed by atoms with Crippen molar-refractivity contribution in [3.63, 3.8) is 0 Å². The zero-order valence-electron chi connectivity index (χ0n) is 4.33. The molecule has 0 rings (SSSR count). The van der Waals surface area contributed by atoms with Gasteiger partial charge >= 0.3 is 5.97 Å². The Morgan fingerprint density at radius 3 is 2.50 bits per heavy atom. The van der Waals surface area contributed by atoms with Crippen molar-refractivity contribution in [1.29, 1.82) is 0 Å². The predicted octanol–water partition coefficient (Wildman–Crippen LogP) is -0.719. The molecule has 0 aromatic carbocycles. The molecule has 0 spiro atoms. The van der Waals surface area contributed by atoms with Crippen LogP contribution in [0.15, 0.2) is 0 Å². The van der Waals surface area contributed by atoms with Crippen molar-refractivity contribution < 1.29 is 19.8 Å². The van der Waals surface area contributed by atoms with Gasteiger partial charge in [-0.3, -0.25) is 0 Å². The lowest BCUT2D eigenvalue weighted by molar-refractivity contribution is -0.321. The molecule has 0 aliphatic rings. The van der Waals surface area contributed by atoms with Gasteiger partial charge in [-0.15, -0.1) is 4.99 Å². The number of carbonyl (C=O) groups is 1. The van der Waals surface area contributed by atoms with Crippen LogP contribution in [-0.4, -0.2) is 17.2 Å². The van der Waals surface area contributed by atoms with Gasteiger partial charge in [-0.25, -0.2) is 9.68 Å². The molecule has 1 atom stereocenters. The van der Waals surface area contributed by atoms with E-state index >= 15 is 0 Å². The SMILES string of the molecule is CC(OON)C(=O)O. The second-order valence-electron chi connectivity index (χ2n) is 1.17. The van der Waals surface area contributed by atoms with Crippen molar-refractivity contribution in [3.8, 4) is 0 Å². The molecule has 0 radical (unpaired) electrons. The topological polar surface area (TPSA) is 81.8 Å². The molecule has 48 valence electrons. The van der Waals surface area contributed by atoms with Crippen LogP contribution in [-0.2, 0) is 14.7 Å². The van der Waals surface area contributed by atoms with E-state index in [4.69, 9.17) is 5.11 Å². The zero-order chi connectivity index (χ0) is 6.57. The highest BCUT2D eigenvalue weighted by Gasteiger charge is 2.10. The Bertz CT molecular complexity index is 83.4. The number of carboxylic acids is 1. The average molecular weight is 121 g/mol. The van der Waals surface area contributed by atoms with Crippen LogP contribution < -0.4 is 5.90 Å². The summed E-state index contributed by atoms with van der Waals surface area (Å²) >= 11 is 0. The summed E-state index contributed by atoms with van der Waals surface area (Å²) < 4.78 is 0. The van der Waals surface area contributed by atoms with Crippen molar-refractivity contribution in [3.05, 3.63) is 0 Å². The van der Waals surface area contributed by atoms with Crippen molar-refractivity contribution in [1.82, 2.24) is 0 Å². The van der Waals surface area contributed by atoms with Crippen molar-refractivity contribution in [2.24, 2.45) is 5.90 Å². The van der Waals surface area contributed by atoms with E-state index in [1.165, 1.54) is 6.92 Å². The summed E-state index contributed by atoms with van der Waals surface area (Å²) in [5.74, 6) is 3.27. The highest BCUT2D eigenvalue weighted by molar-refractivity contribution is 5.71. The van der Waals surface area contributed by atoms with E-state index in [-0.39, 0.29) is 0 Å². The molecule has 3 N–H and O–H groups in total. The molecule has 0 aliphatic heterocycles. The van der Waals surface area contributed by atoms with Crippen molar-refractivity contribution in [2.45, 2.75) is 13.0 Å². The van der Waals surface area contributed by atoms with E-state index < -0.39 is 12.1 Å².